The van der Waals surface area contributed by atoms with E-state index >= 15 is 0 Å². The van der Waals surface area contributed by atoms with Crippen LogP contribution in [0.15, 0.2) is 0 Å². The number of nitrogens with zero attached hydrogens (tertiary/aromatic N) is 2. The fourth-order valence-electron chi connectivity index (χ4n) is 4.01. The highest BCUT2D eigenvalue weighted by atomic mass is 15.2. The summed E-state index contributed by atoms with van der Waals surface area (Å²) in [5.41, 5.74) is 0. The van der Waals surface area contributed by atoms with Gasteiger partial charge in [0.2, 0.25) is 0 Å². The lowest BCUT2D eigenvalue weighted by Crippen LogP contribution is -2.37. The molecule has 0 N–H and O–H groups in total. The highest BCUT2D eigenvalue weighted by Gasteiger charge is 2.40. The average Bonchev–Trinajstić information content (AvgIpc) is 2.76. The van der Waals surface area contributed by atoms with Crippen LogP contribution in [0.4, 0.5) is 0 Å². The molecule has 3 rings (SSSR count). The van der Waals surface area contributed by atoms with Gasteiger partial charge in [0.25, 0.3) is 0 Å². The van der Waals surface area contributed by atoms with Crippen molar-refractivity contribution in [2.45, 2.75) is 38.1 Å². The zero-order valence-corrected chi connectivity index (χ0v) is 9.99. The Balaban J connectivity index is 1.57. The van der Waals surface area contributed by atoms with Crippen LogP contribution in [0.5, 0.6) is 0 Å². The van der Waals surface area contributed by atoms with E-state index in [1.54, 1.807) is 0 Å². The average molecular weight is 208 g/mol. The predicted octanol–water partition coefficient (Wildman–Crippen LogP) is 1.81. The van der Waals surface area contributed by atoms with Gasteiger partial charge in [-0.25, -0.2) is 0 Å². The molecule has 0 aromatic carbocycles. The van der Waals surface area contributed by atoms with Crippen molar-refractivity contribution in [1.82, 2.24) is 9.80 Å². The molecule has 0 amide bonds. The van der Waals surface area contributed by atoms with Crippen molar-refractivity contribution in [3.63, 3.8) is 0 Å². The van der Waals surface area contributed by atoms with Crippen molar-refractivity contribution in [1.29, 1.82) is 0 Å². The van der Waals surface area contributed by atoms with Gasteiger partial charge in [0.05, 0.1) is 0 Å². The zero-order valence-electron chi connectivity index (χ0n) is 9.99. The van der Waals surface area contributed by atoms with Crippen molar-refractivity contribution >= 4 is 0 Å². The Hall–Kier alpha value is -0.0800. The van der Waals surface area contributed by atoms with Crippen LogP contribution in [0.25, 0.3) is 0 Å². The quantitative estimate of drug-likeness (QED) is 0.648. The van der Waals surface area contributed by atoms with Crippen LogP contribution in [0.1, 0.15) is 32.1 Å². The van der Waals surface area contributed by atoms with Gasteiger partial charge in [-0.15, -0.1) is 0 Å². The van der Waals surface area contributed by atoms with Gasteiger partial charge in [0, 0.05) is 32.2 Å². The van der Waals surface area contributed by atoms with Gasteiger partial charge in [-0.2, -0.15) is 0 Å². The van der Waals surface area contributed by atoms with Gasteiger partial charge < -0.3 is 4.90 Å². The minimum Gasteiger partial charge on any atom is -0.306 e. The minimum atomic E-state index is 0.953. The zero-order chi connectivity index (χ0) is 10.3. The van der Waals surface area contributed by atoms with E-state index in [0.29, 0.717) is 0 Å². The Kier molecular flexibility index (Phi) is 2.73. The summed E-state index contributed by atoms with van der Waals surface area (Å²) in [6.07, 6.45) is 7.41. The Bertz CT molecular complexity index is 209. The second-order valence-corrected chi connectivity index (χ2v) is 5.99. The van der Waals surface area contributed by atoms with Crippen molar-refractivity contribution < 1.29 is 0 Å². The Morgan fingerprint density at radius 1 is 0.800 bits per heavy atom. The Morgan fingerprint density at radius 3 is 2.00 bits per heavy atom. The fourth-order valence-corrected chi connectivity index (χ4v) is 4.01. The van der Waals surface area contributed by atoms with Crippen LogP contribution in [0.3, 0.4) is 0 Å². The lowest BCUT2D eigenvalue weighted by molar-refractivity contribution is 0.170. The molecular formula is C13H24N2. The summed E-state index contributed by atoms with van der Waals surface area (Å²) in [5, 5.41) is 0. The van der Waals surface area contributed by atoms with E-state index in [1.807, 2.05) is 0 Å². The molecule has 1 aliphatic carbocycles. The molecule has 2 unspecified atom stereocenters. The predicted molar refractivity (Wildman–Crippen MR) is 62.9 cm³/mol. The highest BCUT2D eigenvalue weighted by molar-refractivity contribution is 4.94. The van der Waals surface area contributed by atoms with Crippen molar-refractivity contribution in [2.75, 3.05) is 33.2 Å². The molecule has 15 heavy (non-hydrogen) atoms. The van der Waals surface area contributed by atoms with E-state index in [-0.39, 0.29) is 0 Å². The van der Waals surface area contributed by atoms with Gasteiger partial charge in [-0.1, -0.05) is 19.3 Å². The van der Waals surface area contributed by atoms with Crippen LogP contribution < -0.4 is 0 Å². The first-order chi connectivity index (χ1) is 7.33. The minimum absolute atomic E-state index is 0.953. The molecule has 2 aliphatic heterocycles. The molecule has 3 fully saturated rings. The molecule has 2 saturated heterocycles. The molecule has 0 spiro atoms. The molecule has 0 aromatic rings. The van der Waals surface area contributed by atoms with E-state index in [0.717, 1.165) is 17.9 Å². The molecule has 0 bridgehead atoms. The highest BCUT2D eigenvalue weighted by Crippen LogP contribution is 2.34. The first-order valence-corrected chi connectivity index (χ1v) is 6.75. The van der Waals surface area contributed by atoms with E-state index in [9.17, 15) is 0 Å². The fraction of sp³-hybridized carbons (Fsp3) is 1.00. The number of rotatable bonds is 1. The standard InChI is InChI=1S/C13H24N2/c1-14-7-11-9-15(10-12(11)8-14)13-5-3-2-4-6-13/h11-13H,2-10H2,1H3. The molecule has 3 aliphatic rings. The number of likely N-dealkylation sites (tertiary alicyclic amines) is 2. The summed E-state index contributed by atoms with van der Waals surface area (Å²) in [4.78, 5) is 5.34. The summed E-state index contributed by atoms with van der Waals surface area (Å²) in [6, 6.07) is 0.953. The SMILES string of the molecule is CN1CC2CN(C3CCCCC3)CC2C1. The van der Waals surface area contributed by atoms with Crippen LogP contribution in [-0.4, -0.2) is 49.1 Å². The first-order valence-electron chi connectivity index (χ1n) is 6.75. The lowest BCUT2D eigenvalue weighted by atomic mass is 9.94. The van der Waals surface area contributed by atoms with Gasteiger partial charge in [-0.3, -0.25) is 4.90 Å². The maximum absolute atomic E-state index is 2.82. The van der Waals surface area contributed by atoms with E-state index in [1.165, 1.54) is 58.3 Å². The normalized spacial score (nSPS) is 39.8. The number of fused-ring (bicyclic) bond motifs is 1. The van der Waals surface area contributed by atoms with E-state index < -0.39 is 0 Å². The molecule has 86 valence electrons. The van der Waals surface area contributed by atoms with Crippen LogP contribution in [-0.2, 0) is 0 Å². The summed E-state index contributed by atoms with van der Waals surface area (Å²) in [6.45, 7) is 5.52. The summed E-state index contributed by atoms with van der Waals surface area (Å²) in [5.74, 6) is 1.99. The summed E-state index contributed by atoms with van der Waals surface area (Å²) < 4.78 is 0. The third-order valence-electron chi connectivity index (χ3n) is 4.79. The van der Waals surface area contributed by atoms with Crippen LogP contribution in [0, 0.1) is 11.8 Å². The van der Waals surface area contributed by atoms with Gasteiger partial charge >= 0.3 is 0 Å². The molecular weight excluding hydrogens is 184 g/mol. The molecule has 0 radical (unpaired) electrons. The number of hydrogen-bond donors (Lipinski definition) is 0. The van der Waals surface area contributed by atoms with E-state index in [2.05, 4.69) is 16.8 Å². The van der Waals surface area contributed by atoms with E-state index in [4.69, 9.17) is 0 Å². The van der Waals surface area contributed by atoms with Crippen molar-refractivity contribution in [3.8, 4) is 0 Å². The molecule has 0 aromatic heterocycles. The van der Waals surface area contributed by atoms with Crippen molar-refractivity contribution in [3.05, 3.63) is 0 Å². The third-order valence-corrected chi connectivity index (χ3v) is 4.79. The lowest BCUT2D eigenvalue weighted by Gasteiger charge is -2.32. The third kappa shape index (κ3) is 1.94. The van der Waals surface area contributed by atoms with Crippen molar-refractivity contribution in [2.24, 2.45) is 11.8 Å². The topological polar surface area (TPSA) is 6.48 Å². The largest absolute Gasteiger partial charge is 0.306 e. The summed E-state index contributed by atoms with van der Waals surface area (Å²) in [7, 11) is 2.28. The van der Waals surface area contributed by atoms with Gasteiger partial charge in [0.15, 0.2) is 0 Å². The van der Waals surface area contributed by atoms with Crippen LogP contribution >= 0.6 is 0 Å². The Morgan fingerprint density at radius 2 is 1.40 bits per heavy atom. The molecule has 1 saturated carbocycles. The second-order valence-electron chi connectivity index (χ2n) is 5.99. The summed E-state index contributed by atoms with van der Waals surface area (Å²) >= 11 is 0. The molecule has 2 heteroatoms. The van der Waals surface area contributed by atoms with Gasteiger partial charge in [-0.05, 0) is 31.7 Å². The van der Waals surface area contributed by atoms with Crippen LogP contribution in [0.2, 0.25) is 0 Å². The maximum Gasteiger partial charge on any atom is 0.00955 e. The first kappa shape index (κ1) is 10.1. The Labute approximate surface area is 93.6 Å². The molecule has 2 atom stereocenters. The molecule has 2 nitrogen and oxygen atoms in total. The second kappa shape index (κ2) is 4.06. The number of hydrogen-bond acceptors (Lipinski definition) is 2. The smallest absolute Gasteiger partial charge is 0.00955 e. The maximum atomic E-state index is 2.82. The monoisotopic (exact) mass is 208 g/mol. The van der Waals surface area contributed by atoms with Gasteiger partial charge in [0.1, 0.15) is 0 Å². The molecule has 2 heterocycles.